The number of likely N-dealkylation sites (tertiary alicyclic amines) is 1. The van der Waals surface area contributed by atoms with Crippen molar-refractivity contribution in [1.82, 2.24) is 9.47 Å². The molecule has 1 aliphatic heterocycles. The molecule has 1 aromatic carbocycles. The molecule has 2 aromatic rings. The van der Waals surface area contributed by atoms with Gasteiger partial charge in [-0.05, 0) is 25.0 Å². The lowest BCUT2D eigenvalue weighted by molar-refractivity contribution is -0.127. The maximum atomic E-state index is 12.2. The average Bonchev–Trinajstić information content (AvgIpc) is 3.23. The Morgan fingerprint density at radius 2 is 1.89 bits per heavy atom. The summed E-state index contributed by atoms with van der Waals surface area (Å²) in [5.74, 6) is -0.203. The number of aromatic nitrogens is 1. The summed E-state index contributed by atoms with van der Waals surface area (Å²) in [5, 5.41) is 0. The highest BCUT2D eigenvalue weighted by molar-refractivity contribution is 7.92. The number of rotatable bonds is 5. The lowest BCUT2D eigenvalue weighted by atomic mass is 10.3. The van der Waals surface area contributed by atoms with Gasteiger partial charge in [-0.3, -0.25) is 9.59 Å². The van der Waals surface area contributed by atoms with Gasteiger partial charge in [0, 0.05) is 13.1 Å². The van der Waals surface area contributed by atoms with Crippen LogP contribution in [0.15, 0.2) is 29.3 Å². The fraction of sp³-hybridized carbons (Fsp3) is 0.389. The SMILES string of the molecule is C#CCn1c(=NC(=O)CS(=O)(=O)CC(=O)N2CCCC2)sc2ccccc21. The summed E-state index contributed by atoms with van der Waals surface area (Å²) < 4.78 is 27.0. The quantitative estimate of drug-likeness (QED) is 0.689. The zero-order valence-electron chi connectivity index (χ0n) is 14.6. The lowest BCUT2D eigenvalue weighted by Crippen LogP contribution is -2.35. The minimum absolute atomic E-state index is 0.219. The Morgan fingerprint density at radius 3 is 2.59 bits per heavy atom. The van der Waals surface area contributed by atoms with E-state index in [9.17, 15) is 18.0 Å². The monoisotopic (exact) mass is 405 g/mol. The van der Waals surface area contributed by atoms with E-state index in [0.29, 0.717) is 17.9 Å². The summed E-state index contributed by atoms with van der Waals surface area (Å²) in [6, 6.07) is 7.45. The first-order valence-electron chi connectivity index (χ1n) is 8.47. The molecule has 27 heavy (non-hydrogen) atoms. The van der Waals surface area contributed by atoms with Crippen molar-refractivity contribution in [3.8, 4) is 12.3 Å². The standard InChI is InChI=1S/C18H19N3O4S2/c1-2-9-21-14-7-3-4-8-15(14)26-18(21)19-16(22)12-27(24,25)13-17(23)20-10-5-6-11-20/h1,3-4,7-8H,5-6,9-13H2. The number of amides is 2. The number of hydrogen-bond donors (Lipinski definition) is 0. The Balaban J connectivity index is 1.80. The number of para-hydroxylation sites is 1. The number of nitrogens with zero attached hydrogens (tertiary/aromatic N) is 3. The van der Waals surface area contributed by atoms with Gasteiger partial charge >= 0.3 is 0 Å². The molecule has 1 aromatic heterocycles. The van der Waals surface area contributed by atoms with Gasteiger partial charge in [0.15, 0.2) is 14.6 Å². The molecule has 0 aliphatic carbocycles. The van der Waals surface area contributed by atoms with Crippen molar-refractivity contribution in [2.24, 2.45) is 4.99 Å². The third kappa shape index (κ3) is 4.64. The number of hydrogen-bond acceptors (Lipinski definition) is 5. The van der Waals surface area contributed by atoms with E-state index >= 15 is 0 Å². The van der Waals surface area contributed by atoms with Gasteiger partial charge < -0.3 is 9.47 Å². The van der Waals surface area contributed by atoms with Crippen molar-refractivity contribution in [2.75, 3.05) is 24.6 Å². The molecule has 1 saturated heterocycles. The molecule has 2 amide bonds. The topological polar surface area (TPSA) is 88.8 Å². The van der Waals surface area contributed by atoms with E-state index in [4.69, 9.17) is 6.42 Å². The molecule has 142 valence electrons. The molecule has 0 saturated carbocycles. The summed E-state index contributed by atoms with van der Waals surface area (Å²) in [4.78, 5) is 30.1. The molecular formula is C18H19N3O4S2. The number of sulfone groups is 1. The maximum Gasteiger partial charge on any atom is 0.263 e. The van der Waals surface area contributed by atoms with Crippen LogP contribution in [0.5, 0.6) is 0 Å². The Morgan fingerprint density at radius 1 is 1.19 bits per heavy atom. The molecule has 1 aliphatic rings. The van der Waals surface area contributed by atoms with E-state index in [0.717, 1.165) is 23.1 Å². The summed E-state index contributed by atoms with van der Waals surface area (Å²) >= 11 is 1.26. The van der Waals surface area contributed by atoms with Gasteiger partial charge in [0.2, 0.25) is 5.91 Å². The molecule has 9 heteroatoms. The van der Waals surface area contributed by atoms with E-state index in [1.165, 1.54) is 16.2 Å². The number of thiazole rings is 1. The Labute approximate surface area is 161 Å². The number of terminal acetylenes is 1. The molecule has 0 unspecified atom stereocenters. The van der Waals surface area contributed by atoms with Crippen LogP contribution in [-0.2, 0) is 26.0 Å². The van der Waals surface area contributed by atoms with Gasteiger partial charge in [-0.15, -0.1) is 6.42 Å². The molecule has 0 spiro atoms. The fourth-order valence-electron chi connectivity index (χ4n) is 2.97. The van der Waals surface area contributed by atoms with E-state index in [1.807, 2.05) is 24.3 Å². The molecular weight excluding hydrogens is 386 g/mol. The lowest BCUT2D eigenvalue weighted by Gasteiger charge is -2.14. The predicted molar refractivity (Wildman–Crippen MR) is 104 cm³/mol. The third-order valence-corrected chi connectivity index (χ3v) is 6.64. The van der Waals surface area contributed by atoms with Gasteiger partial charge in [-0.1, -0.05) is 29.4 Å². The normalized spacial score (nSPS) is 15.2. The molecule has 7 nitrogen and oxygen atoms in total. The average molecular weight is 406 g/mol. The second kappa shape index (κ2) is 8.06. The molecule has 1 fully saturated rings. The van der Waals surface area contributed by atoms with Crippen LogP contribution in [0.4, 0.5) is 0 Å². The number of benzene rings is 1. The molecule has 0 atom stereocenters. The van der Waals surface area contributed by atoms with Crippen LogP contribution in [0.3, 0.4) is 0 Å². The van der Waals surface area contributed by atoms with E-state index in [1.54, 1.807) is 4.57 Å². The maximum absolute atomic E-state index is 12.2. The van der Waals surface area contributed by atoms with Gasteiger partial charge in [-0.2, -0.15) is 4.99 Å². The summed E-state index contributed by atoms with van der Waals surface area (Å²) in [7, 11) is -3.87. The van der Waals surface area contributed by atoms with Crippen molar-refractivity contribution >= 4 is 43.2 Å². The van der Waals surface area contributed by atoms with Gasteiger partial charge in [-0.25, -0.2) is 8.42 Å². The smallest absolute Gasteiger partial charge is 0.263 e. The van der Waals surface area contributed by atoms with Crippen LogP contribution in [0.2, 0.25) is 0 Å². The first-order valence-corrected chi connectivity index (χ1v) is 11.1. The Hall–Kier alpha value is -2.44. The predicted octanol–water partition coefficient (Wildman–Crippen LogP) is 0.800. The second-order valence-corrected chi connectivity index (χ2v) is 9.34. The van der Waals surface area contributed by atoms with Gasteiger partial charge in [0.05, 0.1) is 16.8 Å². The largest absolute Gasteiger partial charge is 0.342 e. The Kier molecular flexibility index (Phi) is 5.77. The summed E-state index contributed by atoms with van der Waals surface area (Å²) in [6.07, 6.45) is 7.15. The van der Waals surface area contributed by atoms with Crippen LogP contribution in [-0.4, -0.2) is 54.3 Å². The van der Waals surface area contributed by atoms with Crippen LogP contribution in [0.1, 0.15) is 12.8 Å². The molecule has 2 heterocycles. The van der Waals surface area contributed by atoms with Crippen molar-refractivity contribution in [2.45, 2.75) is 19.4 Å². The second-order valence-electron chi connectivity index (χ2n) is 6.27. The number of fused-ring (bicyclic) bond motifs is 1. The van der Waals surface area contributed by atoms with Crippen LogP contribution < -0.4 is 4.80 Å². The zero-order valence-corrected chi connectivity index (χ0v) is 16.3. The van der Waals surface area contributed by atoms with Crippen LogP contribution in [0.25, 0.3) is 10.2 Å². The highest BCUT2D eigenvalue weighted by atomic mass is 32.2. The minimum Gasteiger partial charge on any atom is -0.342 e. The van der Waals surface area contributed by atoms with Crippen molar-refractivity contribution in [3.05, 3.63) is 29.1 Å². The first-order chi connectivity index (χ1) is 12.9. The highest BCUT2D eigenvalue weighted by Crippen LogP contribution is 2.16. The van der Waals surface area contributed by atoms with E-state index in [2.05, 4.69) is 10.9 Å². The van der Waals surface area contributed by atoms with Crippen molar-refractivity contribution < 1.29 is 18.0 Å². The Bertz CT molecular complexity index is 1080. The number of carbonyl (C=O) groups excluding carboxylic acids is 2. The molecule has 0 bridgehead atoms. The first kappa shape index (κ1) is 19.3. The summed E-state index contributed by atoms with van der Waals surface area (Å²) in [5.41, 5.74) is 0.832. The van der Waals surface area contributed by atoms with Crippen LogP contribution in [0, 0.1) is 12.3 Å². The number of carbonyl (C=O) groups is 2. The van der Waals surface area contributed by atoms with E-state index < -0.39 is 33.2 Å². The van der Waals surface area contributed by atoms with E-state index in [-0.39, 0.29) is 6.54 Å². The third-order valence-electron chi connectivity index (χ3n) is 4.20. The van der Waals surface area contributed by atoms with Gasteiger partial charge in [0.25, 0.3) is 5.91 Å². The van der Waals surface area contributed by atoms with Crippen molar-refractivity contribution in [3.63, 3.8) is 0 Å². The summed E-state index contributed by atoms with van der Waals surface area (Å²) in [6.45, 7) is 1.36. The molecule has 0 radical (unpaired) electrons. The molecule has 3 rings (SSSR count). The van der Waals surface area contributed by atoms with Gasteiger partial charge in [0.1, 0.15) is 11.5 Å². The fourth-order valence-corrected chi connectivity index (χ4v) is 5.12. The van der Waals surface area contributed by atoms with Crippen LogP contribution >= 0.6 is 11.3 Å². The highest BCUT2D eigenvalue weighted by Gasteiger charge is 2.26. The minimum atomic E-state index is -3.87. The van der Waals surface area contributed by atoms with Crippen molar-refractivity contribution in [1.29, 1.82) is 0 Å². The molecule has 0 N–H and O–H groups in total. The zero-order chi connectivity index (χ0) is 19.4.